The van der Waals surface area contributed by atoms with Crippen molar-refractivity contribution >= 4 is 6.09 Å². The monoisotopic (exact) mass is 277 g/mol. The molecule has 1 aromatic rings. The molecule has 0 fully saturated rings. The number of benzene rings is 1. The molecule has 20 heavy (non-hydrogen) atoms. The number of ether oxygens (including phenoxy) is 1. The maximum Gasteiger partial charge on any atom is 0.407 e. The molecule has 1 aliphatic carbocycles. The van der Waals surface area contributed by atoms with Crippen LogP contribution in [0.2, 0.25) is 0 Å². The van der Waals surface area contributed by atoms with Gasteiger partial charge in [-0.05, 0) is 69.7 Å². The number of hydrogen-bond acceptors (Lipinski definition) is 3. The third-order valence-electron chi connectivity index (χ3n) is 3.38. The predicted molar refractivity (Wildman–Crippen MR) is 77.9 cm³/mol. The minimum atomic E-state index is -0.481. The zero-order chi connectivity index (χ0) is 14.8. The summed E-state index contributed by atoms with van der Waals surface area (Å²) in [5, 5.41) is 12.5. The van der Waals surface area contributed by atoms with Crippen molar-refractivity contribution in [3.63, 3.8) is 0 Å². The average Bonchev–Trinajstić information content (AvgIpc) is 2.47. The number of carbonyl (C=O) groups excluding carboxylic acids is 1. The van der Waals surface area contributed by atoms with E-state index in [4.69, 9.17) is 4.74 Å². The second kappa shape index (κ2) is 5.73. The molecule has 0 saturated carbocycles. The lowest BCUT2D eigenvalue weighted by Crippen LogP contribution is -2.40. The highest BCUT2D eigenvalue weighted by molar-refractivity contribution is 5.68. The Morgan fingerprint density at radius 1 is 1.35 bits per heavy atom. The summed E-state index contributed by atoms with van der Waals surface area (Å²) in [6.07, 6.45) is 3.31. The Balaban J connectivity index is 2.02. The van der Waals surface area contributed by atoms with E-state index in [0.717, 1.165) is 31.2 Å². The van der Waals surface area contributed by atoms with Gasteiger partial charge in [0.25, 0.3) is 0 Å². The largest absolute Gasteiger partial charge is 0.508 e. The molecule has 2 rings (SSSR count). The fourth-order valence-electron chi connectivity index (χ4n) is 2.55. The van der Waals surface area contributed by atoms with Crippen molar-refractivity contribution in [3.05, 3.63) is 29.3 Å². The van der Waals surface area contributed by atoms with Crippen molar-refractivity contribution < 1.29 is 14.6 Å². The standard InChI is InChI=1S/C16H23NO3/c1-16(2,3)20-15(19)17-13-6-4-5-11-7-8-14(18)10-12(11)9-13/h7-8,10,13,18H,4-6,9H2,1-3H3,(H,17,19). The van der Waals surface area contributed by atoms with Crippen LogP contribution in [0.3, 0.4) is 0 Å². The molecule has 1 aromatic carbocycles. The Hall–Kier alpha value is -1.71. The zero-order valence-corrected chi connectivity index (χ0v) is 12.4. The van der Waals surface area contributed by atoms with E-state index in [0.29, 0.717) is 0 Å². The van der Waals surface area contributed by atoms with Gasteiger partial charge < -0.3 is 15.2 Å². The lowest BCUT2D eigenvalue weighted by atomic mass is 10.0. The Morgan fingerprint density at radius 3 is 2.80 bits per heavy atom. The zero-order valence-electron chi connectivity index (χ0n) is 12.4. The summed E-state index contributed by atoms with van der Waals surface area (Å²) in [5.74, 6) is 0.279. The van der Waals surface area contributed by atoms with Gasteiger partial charge in [0, 0.05) is 6.04 Å². The lowest BCUT2D eigenvalue weighted by Gasteiger charge is -2.23. The van der Waals surface area contributed by atoms with E-state index >= 15 is 0 Å². The number of hydrogen-bond donors (Lipinski definition) is 2. The van der Waals surface area contributed by atoms with Crippen molar-refractivity contribution in [1.82, 2.24) is 5.32 Å². The van der Waals surface area contributed by atoms with Crippen molar-refractivity contribution in [3.8, 4) is 5.75 Å². The first-order valence-corrected chi connectivity index (χ1v) is 7.14. The number of phenolic OH excluding ortho intramolecular Hbond substituents is 1. The van der Waals surface area contributed by atoms with Crippen LogP contribution in [-0.2, 0) is 17.6 Å². The fourth-order valence-corrected chi connectivity index (χ4v) is 2.55. The second-order valence-electron chi connectivity index (χ2n) is 6.39. The van der Waals surface area contributed by atoms with Crippen LogP contribution in [-0.4, -0.2) is 22.8 Å². The normalized spacial score (nSPS) is 18.9. The molecule has 0 saturated heterocycles. The topological polar surface area (TPSA) is 58.6 Å². The number of nitrogens with one attached hydrogen (secondary N) is 1. The molecular formula is C16H23NO3. The first-order chi connectivity index (χ1) is 9.33. The van der Waals surface area contributed by atoms with Crippen LogP contribution in [0, 0.1) is 0 Å². The molecule has 0 heterocycles. The SMILES string of the molecule is CC(C)(C)OC(=O)NC1CCCc2ccc(O)cc2C1. The summed E-state index contributed by atoms with van der Waals surface area (Å²) in [4.78, 5) is 11.8. The van der Waals surface area contributed by atoms with Gasteiger partial charge in [0.05, 0.1) is 0 Å². The van der Waals surface area contributed by atoms with Crippen molar-refractivity contribution in [2.75, 3.05) is 0 Å². The Labute approximate surface area is 120 Å². The van der Waals surface area contributed by atoms with Crippen LogP contribution in [0.4, 0.5) is 4.79 Å². The first-order valence-electron chi connectivity index (χ1n) is 7.14. The molecule has 4 heteroatoms. The van der Waals surface area contributed by atoms with Gasteiger partial charge in [-0.25, -0.2) is 4.79 Å². The summed E-state index contributed by atoms with van der Waals surface area (Å²) in [6, 6.07) is 5.55. The highest BCUT2D eigenvalue weighted by atomic mass is 16.6. The van der Waals surface area contributed by atoms with E-state index in [1.807, 2.05) is 26.8 Å². The molecule has 0 aromatic heterocycles. The molecule has 2 N–H and O–H groups in total. The van der Waals surface area contributed by atoms with Gasteiger partial charge in [0.15, 0.2) is 0 Å². The third kappa shape index (κ3) is 4.15. The highest BCUT2D eigenvalue weighted by Crippen LogP contribution is 2.24. The number of aryl methyl sites for hydroxylation is 1. The molecule has 4 nitrogen and oxygen atoms in total. The maximum atomic E-state index is 11.8. The van der Waals surface area contributed by atoms with Crippen LogP contribution in [0.5, 0.6) is 5.75 Å². The van der Waals surface area contributed by atoms with E-state index in [1.54, 1.807) is 12.1 Å². The minimum absolute atomic E-state index is 0.0629. The van der Waals surface area contributed by atoms with Gasteiger partial charge in [0.1, 0.15) is 11.4 Å². The quantitative estimate of drug-likeness (QED) is 0.775. The predicted octanol–water partition coefficient (Wildman–Crippen LogP) is 3.16. The minimum Gasteiger partial charge on any atom is -0.508 e. The summed E-state index contributed by atoms with van der Waals surface area (Å²) >= 11 is 0. The van der Waals surface area contributed by atoms with Gasteiger partial charge in [-0.1, -0.05) is 6.07 Å². The van der Waals surface area contributed by atoms with Gasteiger partial charge in [-0.3, -0.25) is 0 Å². The molecule has 0 spiro atoms. The van der Waals surface area contributed by atoms with Crippen LogP contribution in [0.1, 0.15) is 44.7 Å². The van der Waals surface area contributed by atoms with Gasteiger partial charge in [-0.15, -0.1) is 0 Å². The fraction of sp³-hybridized carbons (Fsp3) is 0.562. The van der Waals surface area contributed by atoms with Crippen LogP contribution in [0.15, 0.2) is 18.2 Å². The Bertz CT molecular complexity index is 491. The third-order valence-corrected chi connectivity index (χ3v) is 3.38. The number of amides is 1. The smallest absolute Gasteiger partial charge is 0.407 e. The molecule has 0 radical (unpaired) electrons. The summed E-state index contributed by atoms with van der Waals surface area (Å²) in [7, 11) is 0. The Kier molecular flexibility index (Phi) is 4.21. The number of aromatic hydroxyl groups is 1. The highest BCUT2D eigenvalue weighted by Gasteiger charge is 2.22. The van der Waals surface area contributed by atoms with Crippen molar-refractivity contribution in [1.29, 1.82) is 0 Å². The maximum absolute atomic E-state index is 11.8. The van der Waals surface area contributed by atoms with E-state index in [-0.39, 0.29) is 17.9 Å². The molecule has 110 valence electrons. The van der Waals surface area contributed by atoms with E-state index in [9.17, 15) is 9.90 Å². The van der Waals surface area contributed by atoms with Crippen LogP contribution < -0.4 is 5.32 Å². The number of phenols is 1. The van der Waals surface area contributed by atoms with E-state index < -0.39 is 5.60 Å². The first kappa shape index (κ1) is 14.7. The van der Waals surface area contributed by atoms with Gasteiger partial charge in [0.2, 0.25) is 0 Å². The van der Waals surface area contributed by atoms with E-state index in [2.05, 4.69) is 5.32 Å². The molecular weight excluding hydrogens is 254 g/mol. The number of fused-ring (bicyclic) bond motifs is 1. The van der Waals surface area contributed by atoms with Crippen LogP contribution in [0.25, 0.3) is 0 Å². The van der Waals surface area contributed by atoms with Crippen molar-refractivity contribution in [2.45, 2.75) is 58.1 Å². The summed E-state index contributed by atoms with van der Waals surface area (Å²) in [5.41, 5.74) is 1.89. The van der Waals surface area contributed by atoms with Crippen LogP contribution >= 0.6 is 0 Å². The summed E-state index contributed by atoms with van der Waals surface area (Å²) in [6.45, 7) is 5.56. The van der Waals surface area contributed by atoms with Gasteiger partial charge >= 0.3 is 6.09 Å². The average molecular weight is 277 g/mol. The lowest BCUT2D eigenvalue weighted by molar-refractivity contribution is 0.0502. The number of alkyl carbamates (subject to hydrolysis) is 1. The van der Waals surface area contributed by atoms with E-state index in [1.165, 1.54) is 5.56 Å². The molecule has 0 bridgehead atoms. The molecule has 1 atom stereocenters. The molecule has 0 aliphatic heterocycles. The van der Waals surface area contributed by atoms with Crippen molar-refractivity contribution in [2.24, 2.45) is 0 Å². The number of carbonyl (C=O) groups is 1. The van der Waals surface area contributed by atoms with Gasteiger partial charge in [-0.2, -0.15) is 0 Å². The second-order valence-corrected chi connectivity index (χ2v) is 6.39. The number of rotatable bonds is 1. The Morgan fingerprint density at radius 2 is 2.10 bits per heavy atom. The summed E-state index contributed by atoms with van der Waals surface area (Å²) < 4.78 is 5.29. The molecule has 1 unspecified atom stereocenters. The molecule has 1 amide bonds. The molecule has 1 aliphatic rings.